The Hall–Kier alpha value is -1.26. The van der Waals surface area contributed by atoms with Crippen LogP contribution in [0.25, 0.3) is 0 Å². The average Bonchev–Trinajstić information content (AvgIpc) is 3.03. The van der Waals surface area contributed by atoms with Crippen molar-refractivity contribution in [1.29, 1.82) is 0 Å². The Morgan fingerprint density at radius 3 is 2.68 bits per heavy atom. The van der Waals surface area contributed by atoms with E-state index in [-0.39, 0.29) is 0 Å². The number of ether oxygens (including phenoxy) is 2. The van der Waals surface area contributed by atoms with Crippen molar-refractivity contribution in [2.45, 2.75) is 31.7 Å². The van der Waals surface area contributed by atoms with E-state index in [4.69, 9.17) is 9.47 Å². The summed E-state index contributed by atoms with van der Waals surface area (Å²) in [4.78, 5) is 2.67. The van der Waals surface area contributed by atoms with Crippen molar-refractivity contribution in [3.8, 4) is 11.5 Å². The normalized spacial score (nSPS) is 23.6. The molecule has 22 heavy (non-hydrogen) atoms. The van der Waals surface area contributed by atoms with Crippen LogP contribution in [0.15, 0.2) is 18.2 Å². The summed E-state index contributed by atoms with van der Waals surface area (Å²) >= 11 is 0. The Morgan fingerprint density at radius 1 is 1.14 bits per heavy atom. The van der Waals surface area contributed by atoms with Gasteiger partial charge >= 0.3 is 0 Å². The maximum absolute atomic E-state index is 5.62. The number of nitrogens with one attached hydrogen (secondary N) is 1. The number of nitrogens with zero attached hydrogens (tertiary/aromatic N) is 1. The van der Waals surface area contributed by atoms with E-state index in [0.29, 0.717) is 6.04 Å². The first-order chi connectivity index (χ1) is 10.8. The Kier molecular flexibility index (Phi) is 5.21. The third kappa shape index (κ3) is 3.39. The molecule has 4 nitrogen and oxygen atoms in total. The number of likely N-dealkylation sites (tertiary alicyclic amines) is 1. The summed E-state index contributed by atoms with van der Waals surface area (Å²) in [6, 6.07) is 6.74. The second kappa shape index (κ2) is 7.34. The van der Waals surface area contributed by atoms with Crippen LogP contribution in [0.3, 0.4) is 0 Å². The largest absolute Gasteiger partial charge is 0.497 e. The zero-order valence-electron chi connectivity index (χ0n) is 13.8. The van der Waals surface area contributed by atoms with E-state index < -0.39 is 0 Å². The molecule has 0 aromatic heterocycles. The summed E-state index contributed by atoms with van der Waals surface area (Å²) in [5.41, 5.74) is 1.31. The van der Waals surface area contributed by atoms with E-state index in [2.05, 4.69) is 22.3 Å². The first kappa shape index (κ1) is 15.6. The first-order valence-corrected chi connectivity index (χ1v) is 8.48. The SMILES string of the molecule is COc1ccc(C2CCCN2CC2CCNCC2)c(OC)c1. The number of hydrogen-bond acceptors (Lipinski definition) is 4. The minimum Gasteiger partial charge on any atom is -0.497 e. The fourth-order valence-corrected chi connectivity index (χ4v) is 3.89. The molecule has 0 saturated carbocycles. The van der Waals surface area contributed by atoms with Crippen LogP contribution >= 0.6 is 0 Å². The zero-order valence-corrected chi connectivity index (χ0v) is 13.8. The van der Waals surface area contributed by atoms with Gasteiger partial charge in [0.05, 0.1) is 14.2 Å². The van der Waals surface area contributed by atoms with Gasteiger partial charge in [0.25, 0.3) is 0 Å². The lowest BCUT2D eigenvalue weighted by Gasteiger charge is -2.32. The predicted molar refractivity (Wildman–Crippen MR) is 88.7 cm³/mol. The molecule has 1 aromatic rings. The van der Waals surface area contributed by atoms with Crippen molar-refractivity contribution in [3.05, 3.63) is 23.8 Å². The summed E-state index contributed by atoms with van der Waals surface area (Å²) in [6.07, 6.45) is 5.13. The molecule has 0 aliphatic carbocycles. The number of benzene rings is 1. The van der Waals surface area contributed by atoms with Gasteiger partial charge in [-0.3, -0.25) is 4.90 Å². The standard InChI is InChI=1S/C18H28N2O2/c1-21-15-5-6-16(18(12-15)22-2)17-4-3-11-20(17)13-14-7-9-19-10-8-14/h5-6,12,14,17,19H,3-4,7-11,13H2,1-2H3. The van der Waals surface area contributed by atoms with Crippen molar-refractivity contribution in [3.63, 3.8) is 0 Å². The van der Waals surface area contributed by atoms with Crippen LogP contribution in [0.2, 0.25) is 0 Å². The van der Waals surface area contributed by atoms with Gasteiger partial charge in [0.15, 0.2) is 0 Å². The van der Waals surface area contributed by atoms with Crippen LogP contribution in [0.5, 0.6) is 11.5 Å². The van der Waals surface area contributed by atoms with Crippen molar-refractivity contribution in [1.82, 2.24) is 10.2 Å². The first-order valence-electron chi connectivity index (χ1n) is 8.48. The van der Waals surface area contributed by atoms with Crippen LogP contribution in [0.1, 0.15) is 37.3 Å². The van der Waals surface area contributed by atoms with Gasteiger partial charge in [-0.1, -0.05) is 6.07 Å². The Morgan fingerprint density at radius 2 is 1.95 bits per heavy atom. The van der Waals surface area contributed by atoms with Gasteiger partial charge in [-0.2, -0.15) is 0 Å². The molecule has 0 radical (unpaired) electrons. The number of methoxy groups -OCH3 is 2. The predicted octanol–water partition coefficient (Wildman–Crippen LogP) is 2.84. The van der Waals surface area contributed by atoms with E-state index in [9.17, 15) is 0 Å². The van der Waals surface area contributed by atoms with Crippen molar-refractivity contribution in [2.75, 3.05) is 40.4 Å². The maximum Gasteiger partial charge on any atom is 0.127 e. The van der Waals surface area contributed by atoms with E-state index in [1.165, 1.54) is 57.4 Å². The molecule has 122 valence electrons. The lowest BCUT2D eigenvalue weighted by Crippen LogP contribution is -2.36. The molecule has 2 aliphatic rings. The van der Waals surface area contributed by atoms with Crippen molar-refractivity contribution < 1.29 is 9.47 Å². The van der Waals surface area contributed by atoms with Gasteiger partial charge in [0.1, 0.15) is 11.5 Å². The molecule has 2 fully saturated rings. The van der Waals surface area contributed by atoms with Gasteiger partial charge < -0.3 is 14.8 Å². The highest BCUT2D eigenvalue weighted by atomic mass is 16.5. The second-order valence-electron chi connectivity index (χ2n) is 6.45. The van der Waals surface area contributed by atoms with Crippen LogP contribution in [-0.2, 0) is 0 Å². The Bertz CT molecular complexity index is 486. The topological polar surface area (TPSA) is 33.7 Å². The molecule has 1 atom stereocenters. The maximum atomic E-state index is 5.62. The second-order valence-corrected chi connectivity index (χ2v) is 6.45. The fourth-order valence-electron chi connectivity index (χ4n) is 3.89. The molecule has 4 heteroatoms. The lowest BCUT2D eigenvalue weighted by atomic mass is 9.96. The van der Waals surface area contributed by atoms with E-state index in [0.717, 1.165) is 17.4 Å². The molecule has 3 rings (SSSR count). The smallest absolute Gasteiger partial charge is 0.127 e. The minimum atomic E-state index is 0.496. The van der Waals surface area contributed by atoms with Crippen LogP contribution in [0, 0.1) is 5.92 Å². The average molecular weight is 304 g/mol. The monoisotopic (exact) mass is 304 g/mol. The van der Waals surface area contributed by atoms with Gasteiger partial charge in [-0.05, 0) is 57.3 Å². The quantitative estimate of drug-likeness (QED) is 0.907. The number of rotatable bonds is 5. The molecule has 1 aromatic carbocycles. The van der Waals surface area contributed by atoms with E-state index in [1.807, 2.05) is 6.07 Å². The summed E-state index contributed by atoms with van der Waals surface area (Å²) in [6.45, 7) is 4.79. The van der Waals surface area contributed by atoms with Gasteiger partial charge in [0.2, 0.25) is 0 Å². The Labute approximate surface area is 133 Å². The van der Waals surface area contributed by atoms with E-state index >= 15 is 0 Å². The fraction of sp³-hybridized carbons (Fsp3) is 0.667. The summed E-state index contributed by atoms with van der Waals surface area (Å²) in [5, 5.41) is 3.46. The molecule has 1 N–H and O–H groups in total. The highest BCUT2D eigenvalue weighted by molar-refractivity contribution is 5.42. The third-order valence-corrected chi connectivity index (χ3v) is 5.11. The summed E-state index contributed by atoms with van der Waals surface area (Å²) < 4.78 is 10.9. The Balaban J connectivity index is 1.74. The lowest BCUT2D eigenvalue weighted by molar-refractivity contribution is 0.190. The molecule has 2 saturated heterocycles. The molecule has 1 unspecified atom stereocenters. The van der Waals surface area contributed by atoms with Gasteiger partial charge in [0, 0.05) is 24.2 Å². The van der Waals surface area contributed by atoms with Crippen LogP contribution in [0.4, 0.5) is 0 Å². The highest BCUT2D eigenvalue weighted by Crippen LogP contribution is 2.39. The third-order valence-electron chi connectivity index (χ3n) is 5.11. The highest BCUT2D eigenvalue weighted by Gasteiger charge is 2.30. The summed E-state index contributed by atoms with van der Waals surface area (Å²) in [5.74, 6) is 2.66. The van der Waals surface area contributed by atoms with E-state index in [1.54, 1.807) is 14.2 Å². The van der Waals surface area contributed by atoms with Gasteiger partial charge in [-0.15, -0.1) is 0 Å². The van der Waals surface area contributed by atoms with Crippen molar-refractivity contribution >= 4 is 0 Å². The summed E-state index contributed by atoms with van der Waals surface area (Å²) in [7, 11) is 3.46. The minimum absolute atomic E-state index is 0.496. The molecule has 2 aliphatic heterocycles. The molecule has 2 heterocycles. The molecule has 0 amide bonds. The zero-order chi connectivity index (χ0) is 15.4. The molecular weight excluding hydrogens is 276 g/mol. The van der Waals surface area contributed by atoms with Crippen molar-refractivity contribution in [2.24, 2.45) is 5.92 Å². The van der Waals surface area contributed by atoms with Crippen LogP contribution < -0.4 is 14.8 Å². The van der Waals surface area contributed by atoms with Crippen LogP contribution in [-0.4, -0.2) is 45.3 Å². The number of piperidine rings is 1. The van der Waals surface area contributed by atoms with Gasteiger partial charge in [-0.25, -0.2) is 0 Å². The molecule has 0 spiro atoms. The molecule has 0 bridgehead atoms. The number of hydrogen-bond donors (Lipinski definition) is 1. The molecular formula is C18H28N2O2.